The summed E-state index contributed by atoms with van der Waals surface area (Å²) in [6, 6.07) is 0. The lowest BCUT2D eigenvalue weighted by atomic mass is 9.89. The summed E-state index contributed by atoms with van der Waals surface area (Å²) >= 11 is 0. The highest BCUT2D eigenvalue weighted by Gasteiger charge is 2.22. The molecule has 0 aromatic carbocycles. The van der Waals surface area contributed by atoms with Gasteiger partial charge < -0.3 is 9.47 Å². The van der Waals surface area contributed by atoms with Crippen molar-refractivity contribution in [3.8, 4) is 0 Å². The number of hydrogen-bond acceptors (Lipinski definition) is 4. The molecule has 104 valence electrons. The third kappa shape index (κ3) is 4.58. The van der Waals surface area contributed by atoms with Crippen LogP contribution in [0.2, 0.25) is 0 Å². The molecule has 0 aromatic heterocycles. The van der Waals surface area contributed by atoms with Gasteiger partial charge in [0.15, 0.2) is 0 Å². The van der Waals surface area contributed by atoms with Crippen LogP contribution in [0, 0.1) is 5.92 Å². The van der Waals surface area contributed by atoms with Crippen molar-refractivity contribution in [2.75, 3.05) is 39.5 Å². The normalized spacial score (nSPS) is 22.9. The quantitative estimate of drug-likeness (QED) is 0.555. The number of morpholine rings is 1. The maximum atomic E-state index is 11.8. The summed E-state index contributed by atoms with van der Waals surface area (Å²) in [7, 11) is 0. The number of ether oxygens (including phenoxy) is 2. The number of carbonyl (C=O) groups excluding carboxylic acids is 1. The Morgan fingerprint density at radius 2 is 1.89 bits per heavy atom. The van der Waals surface area contributed by atoms with Crippen molar-refractivity contribution in [1.29, 1.82) is 0 Å². The van der Waals surface area contributed by atoms with Gasteiger partial charge >= 0.3 is 5.97 Å². The second-order valence-electron chi connectivity index (χ2n) is 5.31. The SMILES string of the molecule is O=C(OCCCN1CCOCC1)C1CCCCC1. The van der Waals surface area contributed by atoms with Gasteiger partial charge in [0, 0.05) is 19.6 Å². The highest BCUT2D eigenvalue weighted by molar-refractivity contribution is 5.72. The molecule has 0 radical (unpaired) electrons. The largest absolute Gasteiger partial charge is 0.465 e. The Bertz CT molecular complexity index is 245. The molecule has 2 fully saturated rings. The molecule has 1 saturated carbocycles. The number of rotatable bonds is 5. The van der Waals surface area contributed by atoms with Gasteiger partial charge in [-0.3, -0.25) is 9.69 Å². The molecule has 1 saturated heterocycles. The number of nitrogens with zero attached hydrogens (tertiary/aromatic N) is 1. The zero-order valence-electron chi connectivity index (χ0n) is 11.2. The van der Waals surface area contributed by atoms with Crippen LogP contribution < -0.4 is 0 Å². The minimum atomic E-state index is 0.0386. The Hall–Kier alpha value is -0.610. The second kappa shape index (κ2) is 7.74. The average molecular weight is 255 g/mol. The van der Waals surface area contributed by atoms with Crippen molar-refractivity contribution in [1.82, 2.24) is 4.90 Å². The fraction of sp³-hybridized carbons (Fsp3) is 0.929. The maximum absolute atomic E-state index is 11.8. The van der Waals surface area contributed by atoms with Crippen LogP contribution in [0.25, 0.3) is 0 Å². The van der Waals surface area contributed by atoms with Crippen LogP contribution in [-0.4, -0.2) is 50.3 Å². The third-order valence-corrected chi connectivity index (χ3v) is 3.91. The van der Waals surface area contributed by atoms with Gasteiger partial charge in [0.25, 0.3) is 0 Å². The van der Waals surface area contributed by atoms with E-state index in [-0.39, 0.29) is 11.9 Å². The molecule has 2 aliphatic rings. The van der Waals surface area contributed by atoms with Gasteiger partial charge in [-0.25, -0.2) is 0 Å². The highest BCUT2D eigenvalue weighted by Crippen LogP contribution is 2.24. The smallest absolute Gasteiger partial charge is 0.308 e. The fourth-order valence-electron chi connectivity index (χ4n) is 2.74. The standard InChI is InChI=1S/C14H25NO3/c16-14(13-5-2-1-3-6-13)18-10-4-7-15-8-11-17-12-9-15/h13H,1-12H2. The summed E-state index contributed by atoms with van der Waals surface area (Å²) in [5.41, 5.74) is 0. The lowest BCUT2D eigenvalue weighted by Gasteiger charge is -2.26. The molecule has 0 spiro atoms. The third-order valence-electron chi connectivity index (χ3n) is 3.91. The molecule has 18 heavy (non-hydrogen) atoms. The predicted octanol–water partition coefficient (Wildman–Crippen LogP) is 1.83. The molecule has 0 unspecified atom stereocenters. The zero-order valence-corrected chi connectivity index (χ0v) is 11.2. The minimum absolute atomic E-state index is 0.0386. The lowest BCUT2D eigenvalue weighted by molar-refractivity contribution is -0.149. The Morgan fingerprint density at radius 1 is 1.17 bits per heavy atom. The van der Waals surface area contributed by atoms with Gasteiger partial charge in [0.1, 0.15) is 0 Å². The first kappa shape index (κ1) is 13.8. The van der Waals surface area contributed by atoms with Crippen molar-refractivity contribution in [2.45, 2.75) is 38.5 Å². The van der Waals surface area contributed by atoms with E-state index in [9.17, 15) is 4.79 Å². The number of hydrogen-bond donors (Lipinski definition) is 0. The molecule has 4 heteroatoms. The van der Waals surface area contributed by atoms with Crippen molar-refractivity contribution in [3.63, 3.8) is 0 Å². The van der Waals surface area contributed by atoms with E-state index in [0.717, 1.165) is 52.1 Å². The molecule has 0 aromatic rings. The van der Waals surface area contributed by atoms with Crippen LogP contribution in [0.5, 0.6) is 0 Å². The fourth-order valence-corrected chi connectivity index (χ4v) is 2.74. The summed E-state index contributed by atoms with van der Waals surface area (Å²) in [6.07, 6.45) is 6.66. The second-order valence-corrected chi connectivity index (χ2v) is 5.31. The van der Waals surface area contributed by atoms with Crippen molar-refractivity contribution >= 4 is 5.97 Å². The highest BCUT2D eigenvalue weighted by atomic mass is 16.5. The van der Waals surface area contributed by atoms with E-state index in [1.807, 2.05) is 0 Å². The summed E-state index contributed by atoms with van der Waals surface area (Å²) < 4.78 is 10.7. The summed E-state index contributed by atoms with van der Waals surface area (Å²) in [6.45, 7) is 5.28. The van der Waals surface area contributed by atoms with Crippen LogP contribution in [0.3, 0.4) is 0 Å². The average Bonchev–Trinajstić information content (AvgIpc) is 2.45. The first-order valence-electron chi connectivity index (χ1n) is 7.33. The van der Waals surface area contributed by atoms with Gasteiger partial charge in [-0.05, 0) is 19.3 Å². The van der Waals surface area contributed by atoms with Crippen LogP contribution in [0.4, 0.5) is 0 Å². The van der Waals surface area contributed by atoms with E-state index in [1.165, 1.54) is 19.3 Å². The molecule has 0 N–H and O–H groups in total. The first-order valence-corrected chi connectivity index (χ1v) is 7.33. The molecule has 4 nitrogen and oxygen atoms in total. The van der Waals surface area contributed by atoms with Gasteiger partial charge in [-0.1, -0.05) is 19.3 Å². The minimum Gasteiger partial charge on any atom is -0.465 e. The Balaban J connectivity index is 1.52. The van der Waals surface area contributed by atoms with E-state index in [0.29, 0.717) is 6.61 Å². The van der Waals surface area contributed by atoms with Crippen LogP contribution in [-0.2, 0) is 14.3 Å². The van der Waals surface area contributed by atoms with E-state index < -0.39 is 0 Å². The Kier molecular flexibility index (Phi) is 5.94. The molecule has 0 amide bonds. The maximum Gasteiger partial charge on any atom is 0.308 e. The monoisotopic (exact) mass is 255 g/mol. The van der Waals surface area contributed by atoms with Gasteiger partial charge in [0.05, 0.1) is 25.7 Å². The van der Waals surface area contributed by atoms with E-state index in [2.05, 4.69) is 4.90 Å². The van der Waals surface area contributed by atoms with Gasteiger partial charge in [-0.15, -0.1) is 0 Å². The first-order chi connectivity index (χ1) is 8.86. The molecule has 2 rings (SSSR count). The topological polar surface area (TPSA) is 38.8 Å². The Morgan fingerprint density at radius 3 is 2.61 bits per heavy atom. The van der Waals surface area contributed by atoms with E-state index in [1.54, 1.807) is 0 Å². The molecular formula is C14H25NO3. The summed E-state index contributed by atoms with van der Waals surface area (Å²) in [5, 5.41) is 0. The van der Waals surface area contributed by atoms with E-state index in [4.69, 9.17) is 9.47 Å². The molecular weight excluding hydrogens is 230 g/mol. The number of carbonyl (C=O) groups is 1. The molecule has 0 atom stereocenters. The number of esters is 1. The van der Waals surface area contributed by atoms with Gasteiger partial charge in [0.2, 0.25) is 0 Å². The summed E-state index contributed by atoms with van der Waals surface area (Å²) in [4.78, 5) is 14.2. The van der Waals surface area contributed by atoms with Crippen molar-refractivity contribution in [3.05, 3.63) is 0 Å². The lowest BCUT2D eigenvalue weighted by Crippen LogP contribution is -2.37. The summed E-state index contributed by atoms with van der Waals surface area (Å²) in [5.74, 6) is 0.221. The Labute approximate surface area is 110 Å². The molecule has 1 heterocycles. The molecule has 0 bridgehead atoms. The zero-order chi connectivity index (χ0) is 12.6. The van der Waals surface area contributed by atoms with Crippen molar-refractivity contribution < 1.29 is 14.3 Å². The van der Waals surface area contributed by atoms with Crippen LogP contribution in [0.1, 0.15) is 38.5 Å². The van der Waals surface area contributed by atoms with E-state index >= 15 is 0 Å². The van der Waals surface area contributed by atoms with Crippen LogP contribution in [0.15, 0.2) is 0 Å². The molecule has 1 aliphatic heterocycles. The van der Waals surface area contributed by atoms with Gasteiger partial charge in [-0.2, -0.15) is 0 Å². The predicted molar refractivity (Wildman–Crippen MR) is 69.4 cm³/mol. The molecule has 1 aliphatic carbocycles. The van der Waals surface area contributed by atoms with Crippen LogP contribution >= 0.6 is 0 Å². The van der Waals surface area contributed by atoms with Crippen molar-refractivity contribution in [2.24, 2.45) is 5.92 Å².